The Bertz CT molecular complexity index is 159. The lowest BCUT2D eigenvalue weighted by atomic mass is 10.2. The zero-order chi connectivity index (χ0) is 9.07. The van der Waals surface area contributed by atoms with Crippen LogP contribution in [0.4, 0.5) is 0 Å². The molecule has 6 heteroatoms. The van der Waals surface area contributed by atoms with E-state index >= 15 is 0 Å². The number of carbonyl (C=O) groups is 2. The Hall–Kier alpha value is -1.14. The molecule has 4 N–H and O–H groups in total. The average molecular weight is 162 g/mol. The van der Waals surface area contributed by atoms with Crippen LogP contribution in [0.15, 0.2) is 0 Å². The molecule has 0 aliphatic carbocycles. The van der Waals surface area contributed by atoms with Crippen molar-refractivity contribution in [1.82, 2.24) is 0 Å². The standard InChI is InChI=1S/C5H10N2O4/c1-10-3(8)5(6,7)4(9)11-2/h6-7H2,1-2H3. The van der Waals surface area contributed by atoms with E-state index in [-0.39, 0.29) is 0 Å². The zero-order valence-corrected chi connectivity index (χ0v) is 6.29. The number of carbonyl (C=O) groups excluding carboxylic acids is 2. The third-order valence-corrected chi connectivity index (χ3v) is 1.05. The third kappa shape index (κ3) is 1.89. The maximum Gasteiger partial charge on any atom is 0.352 e. The van der Waals surface area contributed by atoms with Crippen LogP contribution in [0.2, 0.25) is 0 Å². The van der Waals surface area contributed by atoms with Crippen LogP contribution < -0.4 is 11.5 Å². The number of esters is 2. The highest BCUT2D eigenvalue weighted by Gasteiger charge is 2.40. The van der Waals surface area contributed by atoms with Crippen molar-refractivity contribution in [3.05, 3.63) is 0 Å². The first-order valence-electron chi connectivity index (χ1n) is 2.71. The summed E-state index contributed by atoms with van der Waals surface area (Å²) in [6.45, 7) is 0. The molecule has 0 bridgehead atoms. The lowest BCUT2D eigenvalue weighted by molar-refractivity contribution is -0.160. The SMILES string of the molecule is COC(=O)C(N)(N)C(=O)OC. The smallest absolute Gasteiger partial charge is 0.352 e. The first-order chi connectivity index (χ1) is 4.96. The molecule has 0 aromatic rings. The molecule has 0 saturated carbocycles. The van der Waals surface area contributed by atoms with Crippen molar-refractivity contribution in [3.8, 4) is 0 Å². The molecule has 0 fully saturated rings. The fraction of sp³-hybridized carbons (Fsp3) is 0.600. The van der Waals surface area contributed by atoms with Gasteiger partial charge in [-0.15, -0.1) is 0 Å². The molecule has 0 spiro atoms. The highest BCUT2D eigenvalue weighted by molar-refractivity contribution is 6.03. The molecule has 0 aliphatic rings. The minimum atomic E-state index is -2.20. The van der Waals surface area contributed by atoms with E-state index in [1.807, 2.05) is 0 Å². The van der Waals surface area contributed by atoms with Gasteiger partial charge in [0.2, 0.25) is 0 Å². The van der Waals surface area contributed by atoms with E-state index in [1.54, 1.807) is 0 Å². The minimum Gasteiger partial charge on any atom is -0.466 e. The molecule has 0 heterocycles. The molecule has 0 amide bonds. The molecule has 0 atom stereocenters. The highest BCUT2D eigenvalue weighted by Crippen LogP contribution is 1.96. The van der Waals surface area contributed by atoms with Crippen LogP contribution in [0.3, 0.4) is 0 Å². The molecular formula is C5H10N2O4. The third-order valence-electron chi connectivity index (χ3n) is 1.05. The van der Waals surface area contributed by atoms with Crippen molar-refractivity contribution < 1.29 is 19.1 Å². The van der Waals surface area contributed by atoms with Crippen LogP contribution in [0.5, 0.6) is 0 Å². The van der Waals surface area contributed by atoms with Crippen LogP contribution in [-0.2, 0) is 19.1 Å². The zero-order valence-electron chi connectivity index (χ0n) is 6.29. The van der Waals surface area contributed by atoms with Gasteiger partial charge >= 0.3 is 11.9 Å². The summed E-state index contributed by atoms with van der Waals surface area (Å²) < 4.78 is 8.30. The molecule has 0 aromatic carbocycles. The van der Waals surface area contributed by atoms with Gasteiger partial charge in [0.1, 0.15) is 0 Å². The van der Waals surface area contributed by atoms with Gasteiger partial charge in [-0.05, 0) is 0 Å². The largest absolute Gasteiger partial charge is 0.466 e. The van der Waals surface area contributed by atoms with Crippen LogP contribution in [0.1, 0.15) is 0 Å². The summed E-state index contributed by atoms with van der Waals surface area (Å²) in [7, 11) is 2.14. The van der Waals surface area contributed by atoms with Gasteiger partial charge in [0.15, 0.2) is 0 Å². The number of hydrogen-bond acceptors (Lipinski definition) is 6. The summed E-state index contributed by atoms with van der Waals surface area (Å²) in [4.78, 5) is 21.3. The van der Waals surface area contributed by atoms with Crippen LogP contribution in [0, 0.1) is 0 Å². The topological polar surface area (TPSA) is 105 Å². The summed E-state index contributed by atoms with van der Waals surface area (Å²) in [5.41, 5.74) is 7.90. The molecule has 0 rings (SSSR count). The Morgan fingerprint density at radius 3 is 1.55 bits per heavy atom. The van der Waals surface area contributed by atoms with Gasteiger partial charge < -0.3 is 9.47 Å². The number of nitrogens with two attached hydrogens (primary N) is 2. The van der Waals surface area contributed by atoms with E-state index in [0.29, 0.717) is 0 Å². The number of ether oxygens (including phenoxy) is 2. The second kappa shape index (κ2) is 3.31. The lowest BCUT2D eigenvalue weighted by Gasteiger charge is -2.17. The van der Waals surface area contributed by atoms with Crippen molar-refractivity contribution in [3.63, 3.8) is 0 Å². The second-order valence-corrected chi connectivity index (χ2v) is 1.85. The average Bonchev–Trinajstić information content (AvgIpc) is 2.01. The summed E-state index contributed by atoms with van der Waals surface area (Å²) in [6, 6.07) is 0. The van der Waals surface area contributed by atoms with Gasteiger partial charge in [0.25, 0.3) is 5.66 Å². The predicted molar refractivity (Wildman–Crippen MR) is 35.1 cm³/mol. The fourth-order valence-corrected chi connectivity index (χ4v) is 0.421. The fourth-order valence-electron chi connectivity index (χ4n) is 0.421. The van der Waals surface area contributed by atoms with Crippen LogP contribution in [-0.4, -0.2) is 31.8 Å². The van der Waals surface area contributed by atoms with E-state index in [1.165, 1.54) is 0 Å². The van der Waals surface area contributed by atoms with Gasteiger partial charge in [-0.3, -0.25) is 11.5 Å². The Labute approximate surface area is 63.4 Å². The Kier molecular flexibility index (Phi) is 2.97. The Balaban J connectivity index is 4.44. The van der Waals surface area contributed by atoms with E-state index in [0.717, 1.165) is 14.2 Å². The summed E-state index contributed by atoms with van der Waals surface area (Å²) >= 11 is 0. The highest BCUT2D eigenvalue weighted by atomic mass is 16.5. The molecular weight excluding hydrogens is 152 g/mol. The van der Waals surface area contributed by atoms with Crippen LogP contribution in [0.25, 0.3) is 0 Å². The molecule has 11 heavy (non-hydrogen) atoms. The van der Waals surface area contributed by atoms with E-state index < -0.39 is 17.6 Å². The lowest BCUT2D eigenvalue weighted by Crippen LogP contribution is -2.63. The Morgan fingerprint density at radius 2 is 1.36 bits per heavy atom. The predicted octanol–water partition coefficient (Wildman–Crippen LogP) is -2.05. The molecule has 64 valence electrons. The Morgan fingerprint density at radius 1 is 1.09 bits per heavy atom. The van der Waals surface area contributed by atoms with Crippen molar-refractivity contribution in [2.75, 3.05) is 14.2 Å². The summed E-state index contributed by atoms with van der Waals surface area (Å²) in [5, 5.41) is 0. The van der Waals surface area contributed by atoms with Gasteiger partial charge in [-0.2, -0.15) is 0 Å². The second-order valence-electron chi connectivity index (χ2n) is 1.85. The minimum absolute atomic E-state index is 1.04. The maximum absolute atomic E-state index is 10.7. The van der Waals surface area contributed by atoms with Crippen molar-refractivity contribution >= 4 is 11.9 Å². The van der Waals surface area contributed by atoms with Crippen LogP contribution >= 0.6 is 0 Å². The van der Waals surface area contributed by atoms with Gasteiger partial charge in [0, 0.05) is 0 Å². The number of hydrogen-bond donors (Lipinski definition) is 2. The quantitative estimate of drug-likeness (QED) is 0.275. The first kappa shape index (κ1) is 9.86. The van der Waals surface area contributed by atoms with Crippen molar-refractivity contribution in [2.45, 2.75) is 5.66 Å². The van der Waals surface area contributed by atoms with E-state index in [9.17, 15) is 9.59 Å². The molecule has 0 radical (unpaired) electrons. The van der Waals surface area contributed by atoms with Gasteiger partial charge in [0.05, 0.1) is 14.2 Å². The molecule has 0 aliphatic heterocycles. The molecule has 6 nitrogen and oxygen atoms in total. The molecule has 0 saturated heterocycles. The molecule has 0 unspecified atom stereocenters. The monoisotopic (exact) mass is 162 g/mol. The molecule has 0 aromatic heterocycles. The van der Waals surface area contributed by atoms with Gasteiger partial charge in [-0.25, -0.2) is 9.59 Å². The van der Waals surface area contributed by atoms with E-state index in [2.05, 4.69) is 9.47 Å². The summed E-state index contributed by atoms with van der Waals surface area (Å²) in [5.74, 6) is -2.08. The normalized spacial score (nSPS) is 10.5. The summed E-state index contributed by atoms with van der Waals surface area (Å²) in [6.07, 6.45) is 0. The maximum atomic E-state index is 10.7. The number of methoxy groups -OCH3 is 2. The number of rotatable bonds is 2. The van der Waals surface area contributed by atoms with E-state index in [4.69, 9.17) is 11.5 Å². The first-order valence-corrected chi connectivity index (χ1v) is 2.71. The van der Waals surface area contributed by atoms with Gasteiger partial charge in [-0.1, -0.05) is 0 Å². The van der Waals surface area contributed by atoms with Crippen molar-refractivity contribution in [2.24, 2.45) is 11.5 Å². The van der Waals surface area contributed by atoms with Crippen molar-refractivity contribution in [1.29, 1.82) is 0 Å².